The molecular weight excluding hydrogens is 247 g/mol. The molecule has 86 valence electrons. The molecule has 5 heteroatoms. The summed E-state index contributed by atoms with van der Waals surface area (Å²) in [4.78, 5) is 13.4. The molecule has 1 N–H and O–H groups in total. The summed E-state index contributed by atoms with van der Waals surface area (Å²) >= 11 is 12.1. The van der Waals surface area contributed by atoms with Crippen molar-refractivity contribution in [3.8, 4) is 0 Å². The van der Waals surface area contributed by atoms with Crippen molar-refractivity contribution >= 4 is 34.7 Å². The Bertz CT molecular complexity index is 409. The van der Waals surface area contributed by atoms with Crippen LogP contribution in [0.3, 0.4) is 0 Å². The lowest BCUT2D eigenvalue weighted by Crippen LogP contribution is -2.30. The molecule has 0 atom stereocenters. The predicted octanol–water partition coefficient (Wildman–Crippen LogP) is 1.97. The van der Waals surface area contributed by atoms with Crippen molar-refractivity contribution in [1.82, 2.24) is 5.32 Å². The minimum atomic E-state index is 0.161. The van der Waals surface area contributed by atoms with Crippen molar-refractivity contribution in [3.63, 3.8) is 0 Å². The predicted molar refractivity (Wildman–Crippen MR) is 66.6 cm³/mol. The molecular formula is C11H12Cl2N2O. The minimum Gasteiger partial charge on any atom is -0.362 e. The highest BCUT2D eigenvalue weighted by Crippen LogP contribution is 2.32. The summed E-state index contributed by atoms with van der Waals surface area (Å²) in [5.74, 6) is 0.161. The van der Waals surface area contributed by atoms with Gasteiger partial charge in [0.1, 0.15) is 0 Å². The van der Waals surface area contributed by atoms with Crippen LogP contribution in [0.4, 0.5) is 5.69 Å². The first-order chi connectivity index (χ1) is 7.68. The summed E-state index contributed by atoms with van der Waals surface area (Å²) < 4.78 is 0. The first-order valence-corrected chi connectivity index (χ1v) is 5.85. The molecule has 0 saturated carbocycles. The molecule has 2 rings (SSSR count). The zero-order valence-corrected chi connectivity index (χ0v) is 10.2. The maximum absolute atomic E-state index is 11.5. The molecule has 0 spiro atoms. The van der Waals surface area contributed by atoms with E-state index in [1.807, 2.05) is 17.0 Å². The number of benzene rings is 1. The monoisotopic (exact) mass is 258 g/mol. The normalized spacial score (nSPS) is 17.4. The lowest BCUT2D eigenvalue weighted by Gasteiger charge is -2.22. The molecule has 1 aromatic carbocycles. The van der Waals surface area contributed by atoms with Gasteiger partial charge in [0.05, 0.1) is 28.8 Å². The lowest BCUT2D eigenvalue weighted by molar-refractivity contribution is -0.116. The van der Waals surface area contributed by atoms with Gasteiger partial charge in [0.15, 0.2) is 5.78 Å². The van der Waals surface area contributed by atoms with Gasteiger partial charge in [-0.3, -0.25) is 4.79 Å². The zero-order chi connectivity index (χ0) is 11.5. The second kappa shape index (κ2) is 5.04. The summed E-state index contributed by atoms with van der Waals surface area (Å²) in [7, 11) is 0. The molecule has 1 saturated heterocycles. The Morgan fingerprint density at radius 3 is 2.94 bits per heavy atom. The average Bonchev–Trinajstić information content (AvgIpc) is 2.47. The maximum atomic E-state index is 11.5. The third-order valence-electron chi connectivity index (χ3n) is 2.52. The standard InChI is InChI=1S/C11H12Cl2N2O/c12-9-2-1-3-10(11(9)13)15-5-4-14-6-8(16)7-15/h1-3,14H,4-7H2. The van der Waals surface area contributed by atoms with Crippen LogP contribution in [0.5, 0.6) is 0 Å². The highest BCUT2D eigenvalue weighted by molar-refractivity contribution is 6.43. The Labute approximate surface area is 104 Å². The zero-order valence-electron chi connectivity index (χ0n) is 8.67. The van der Waals surface area contributed by atoms with Crippen LogP contribution < -0.4 is 10.2 Å². The SMILES string of the molecule is O=C1CNCCN(c2cccc(Cl)c2Cl)C1. The van der Waals surface area contributed by atoms with Gasteiger partial charge in [-0.25, -0.2) is 0 Å². The number of rotatable bonds is 1. The van der Waals surface area contributed by atoms with E-state index >= 15 is 0 Å². The molecule has 1 fully saturated rings. The van der Waals surface area contributed by atoms with Gasteiger partial charge >= 0.3 is 0 Å². The number of ketones is 1. The molecule has 0 unspecified atom stereocenters. The second-order valence-electron chi connectivity index (χ2n) is 3.71. The molecule has 0 aromatic heterocycles. The Kier molecular flexibility index (Phi) is 3.69. The van der Waals surface area contributed by atoms with Gasteiger partial charge in [0.25, 0.3) is 0 Å². The third kappa shape index (κ3) is 2.48. The van der Waals surface area contributed by atoms with Crippen LogP contribution in [-0.4, -0.2) is 32.0 Å². The summed E-state index contributed by atoms with van der Waals surface area (Å²) in [5, 5.41) is 4.09. The van der Waals surface area contributed by atoms with Crippen LogP contribution in [0.2, 0.25) is 10.0 Å². The molecule has 0 amide bonds. The Hall–Kier alpha value is -0.770. The van der Waals surface area contributed by atoms with Gasteiger partial charge in [0.2, 0.25) is 0 Å². The van der Waals surface area contributed by atoms with Crippen molar-refractivity contribution in [1.29, 1.82) is 0 Å². The number of hydrogen-bond acceptors (Lipinski definition) is 3. The fourth-order valence-corrected chi connectivity index (χ4v) is 2.15. The van der Waals surface area contributed by atoms with Crippen LogP contribution >= 0.6 is 23.2 Å². The van der Waals surface area contributed by atoms with Crippen LogP contribution in [-0.2, 0) is 4.79 Å². The van der Waals surface area contributed by atoms with Gasteiger partial charge in [-0.2, -0.15) is 0 Å². The Morgan fingerprint density at radius 1 is 1.31 bits per heavy atom. The first-order valence-electron chi connectivity index (χ1n) is 5.10. The van der Waals surface area contributed by atoms with Gasteiger partial charge in [-0.1, -0.05) is 29.3 Å². The van der Waals surface area contributed by atoms with Crippen molar-refractivity contribution in [2.45, 2.75) is 0 Å². The highest BCUT2D eigenvalue weighted by Gasteiger charge is 2.17. The van der Waals surface area contributed by atoms with Crippen LogP contribution in [0.25, 0.3) is 0 Å². The van der Waals surface area contributed by atoms with Crippen LogP contribution in [0.15, 0.2) is 18.2 Å². The number of anilines is 1. The average molecular weight is 259 g/mol. The summed E-state index contributed by atoms with van der Waals surface area (Å²) in [5.41, 5.74) is 0.825. The number of hydrogen-bond donors (Lipinski definition) is 1. The van der Waals surface area contributed by atoms with E-state index in [0.717, 1.165) is 18.8 Å². The summed E-state index contributed by atoms with van der Waals surface area (Å²) in [6.45, 7) is 2.34. The van der Waals surface area contributed by atoms with Crippen molar-refractivity contribution in [2.75, 3.05) is 31.1 Å². The van der Waals surface area contributed by atoms with E-state index in [4.69, 9.17) is 23.2 Å². The third-order valence-corrected chi connectivity index (χ3v) is 3.33. The minimum absolute atomic E-state index is 0.161. The first kappa shape index (κ1) is 11.7. The van der Waals surface area contributed by atoms with E-state index in [9.17, 15) is 4.79 Å². The van der Waals surface area contributed by atoms with Crippen molar-refractivity contribution in [2.24, 2.45) is 0 Å². The molecule has 1 aliphatic rings. The number of nitrogens with zero attached hydrogens (tertiary/aromatic N) is 1. The second-order valence-corrected chi connectivity index (χ2v) is 4.50. The van der Waals surface area contributed by atoms with E-state index < -0.39 is 0 Å². The van der Waals surface area contributed by atoms with Crippen LogP contribution in [0, 0.1) is 0 Å². The quantitative estimate of drug-likeness (QED) is 0.836. The number of carbonyl (C=O) groups is 1. The van der Waals surface area contributed by atoms with Gasteiger partial charge in [-0.05, 0) is 12.1 Å². The van der Waals surface area contributed by atoms with E-state index in [-0.39, 0.29) is 5.78 Å². The maximum Gasteiger partial charge on any atom is 0.165 e. The summed E-state index contributed by atoms with van der Waals surface area (Å²) in [6, 6.07) is 5.46. The molecule has 0 aliphatic carbocycles. The van der Waals surface area contributed by atoms with Gasteiger partial charge < -0.3 is 10.2 Å². The largest absolute Gasteiger partial charge is 0.362 e. The smallest absolute Gasteiger partial charge is 0.165 e. The Balaban J connectivity index is 2.28. The van der Waals surface area contributed by atoms with Gasteiger partial charge in [0, 0.05) is 13.1 Å². The number of carbonyl (C=O) groups excluding carboxylic acids is 1. The summed E-state index contributed by atoms with van der Waals surface area (Å²) in [6.07, 6.45) is 0. The van der Waals surface area contributed by atoms with E-state index in [1.165, 1.54) is 0 Å². The fourth-order valence-electron chi connectivity index (χ4n) is 1.73. The molecule has 16 heavy (non-hydrogen) atoms. The van der Waals surface area contributed by atoms with E-state index in [2.05, 4.69) is 5.32 Å². The molecule has 3 nitrogen and oxygen atoms in total. The lowest BCUT2D eigenvalue weighted by atomic mass is 10.2. The number of nitrogens with one attached hydrogen (secondary N) is 1. The molecule has 0 bridgehead atoms. The number of halogens is 2. The van der Waals surface area contributed by atoms with E-state index in [1.54, 1.807) is 6.07 Å². The highest BCUT2D eigenvalue weighted by atomic mass is 35.5. The van der Waals surface area contributed by atoms with Crippen LogP contribution in [0.1, 0.15) is 0 Å². The number of Topliss-reactive ketones (excluding diaryl/α,β-unsaturated/α-hetero) is 1. The van der Waals surface area contributed by atoms with Crippen molar-refractivity contribution < 1.29 is 4.79 Å². The fraction of sp³-hybridized carbons (Fsp3) is 0.364. The molecule has 1 aliphatic heterocycles. The van der Waals surface area contributed by atoms with E-state index in [0.29, 0.717) is 23.1 Å². The molecule has 1 heterocycles. The Morgan fingerprint density at radius 2 is 2.12 bits per heavy atom. The van der Waals surface area contributed by atoms with Crippen molar-refractivity contribution in [3.05, 3.63) is 28.2 Å². The van der Waals surface area contributed by atoms with Gasteiger partial charge in [-0.15, -0.1) is 0 Å². The molecule has 1 aromatic rings. The molecule has 0 radical (unpaired) electrons. The topological polar surface area (TPSA) is 32.3 Å².